The molecular formula is C5H6N6. The summed E-state index contributed by atoms with van der Waals surface area (Å²) in [6, 6.07) is 3.13. The second kappa shape index (κ2) is 3.88. The number of hydrazine groups is 1. The zero-order chi connectivity index (χ0) is 8.85. The lowest BCUT2D eigenvalue weighted by Crippen LogP contribution is -2.29. The van der Waals surface area contributed by atoms with Crippen LogP contribution in [0.4, 0.5) is 0 Å². The molecule has 0 aliphatic carbocycles. The van der Waals surface area contributed by atoms with Gasteiger partial charge in [0.15, 0.2) is 5.70 Å². The summed E-state index contributed by atoms with van der Waals surface area (Å²) in [5, 5.41) is 23.9. The molecule has 0 unspecified atom stereocenters. The van der Waals surface area contributed by atoms with Crippen molar-refractivity contribution in [2.24, 2.45) is 11.6 Å². The zero-order valence-electron chi connectivity index (χ0n) is 5.57. The largest absolute Gasteiger partial charge is 0.388 e. The fourth-order valence-corrected chi connectivity index (χ4v) is 0.375. The van der Waals surface area contributed by atoms with Crippen LogP contribution in [0.1, 0.15) is 0 Å². The average molecular weight is 150 g/mol. The summed E-state index contributed by atoms with van der Waals surface area (Å²) in [4.78, 5) is 0. The van der Waals surface area contributed by atoms with Gasteiger partial charge in [0.2, 0.25) is 0 Å². The summed E-state index contributed by atoms with van der Waals surface area (Å²) in [5.74, 6) is 5.08. The van der Waals surface area contributed by atoms with Gasteiger partial charge in [-0.3, -0.25) is 10.4 Å². The molecule has 6 nitrogen and oxygen atoms in total. The van der Waals surface area contributed by atoms with Crippen LogP contribution in [0.2, 0.25) is 0 Å². The van der Waals surface area contributed by atoms with Crippen molar-refractivity contribution < 1.29 is 0 Å². The summed E-state index contributed by atoms with van der Waals surface area (Å²) in [5.41, 5.74) is 4.53. The van der Waals surface area contributed by atoms with Crippen LogP contribution in [0.3, 0.4) is 0 Å². The number of nitrogens with zero attached hydrogens (tertiary/aromatic N) is 3. The fourth-order valence-electron chi connectivity index (χ4n) is 0.375. The Bertz CT molecular complexity index is 264. The van der Waals surface area contributed by atoms with Gasteiger partial charge in [-0.1, -0.05) is 0 Å². The Morgan fingerprint density at radius 2 is 2.00 bits per heavy atom. The third-order valence-corrected chi connectivity index (χ3v) is 0.879. The minimum absolute atomic E-state index is 0.234. The van der Waals surface area contributed by atoms with Crippen LogP contribution in [0.5, 0.6) is 0 Å². The van der Waals surface area contributed by atoms with Gasteiger partial charge in [0.1, 0.15) is 24.2 Å². The van der Waals surface area contributed by atoms with E-state index in [0.717, 1.165) is 0 Å². The van der Waals surface area contributed by atoms with Crippen molar-refractivity contribution in [3.05, 3.63) is 11.4 Å². The van der Waals surface area contributed by atoms with Crippen molar-refractivity contribution in [2.45, 2.75) is 0 Å². The van der Waals surface area contributed by atoms with E-state index in [9.17, 15) is 0 Å². The third-order valence-electron chi connectivity index (χ3n) is 0.879. The molecule has 0 rings (SSSR count). The van der Waals surface area contributed by atoms with Crippen molar-refractivity contribution in [3.8, 4) is 12.1 Å². The van der Waals surface area contributed by atoms with Gasteiger partial charge >= 0.3 is 0 Å². The maximum absolute atomic E-state index is 8.37. The van der Waals surface area contributed by atoms with Crippen LogP contribution < -0.4 is 11.6 Å². The molecule has 0 radical (unpaired) electrons. The van der Waals surface area contributed by atoms with Crippen molar-refractivity contribution >= 4 is 6.34 Å². The highest BCUT2D eigenvalue weighted by molar-refractivity contribution is 5.56. The van der Waals surface area contributed by atoms with Crippen LogP contribution >= 0.6 is 0 Å². The van der Waals surface area contributed by atoms with Crippen LogP contribution in [0.15, 0.2) is 11.4 Å². The zero-order valence-corrected chi connectivity index (χ0v) is 5.57. The summed E-state index contributed by atoms with van der Waals surface area (Å²) >= 11 is 0. The fraction of sp³-hybridized carbons (Fsp3) is 0. The molecule has 0 fully saturated rings. The summed E-state index contributed by atoms with van der Waals surface area (Å²) in [6.07, 6.45) is 0.683. The van der Waals surface area contributed by atoms with E-state index >= 15 is 0 Å². The second-order valence-electron chi connectivity index (χ2n) is 1.52. The molecule has 0 amide bonds. The van der Waals surface area contributed by atoms with Crippen LogP contribution in [0.25, 0.3) is 0 Å². The van der Waals surface area contributed by atoms with Crippen molar-refractivity contribution in [3.63, 3.8) is 0 Å². The van der Waals surface area contributed by atoms with E-state index in [-0.39, 0.29) is 11.4 Å². The van der Waals surface area contributed by atoms with E-state index < -0.39 is 0 Å². The molecule has 0 aliphatic rings. The molecule has 0 aliphatic heterocycles. The number of nitriles is 2. The number of hydrogen-bond donors (Lipinski definition) is 3. The molecule has 0 saturated carbocycles. The van der Waals surface area contributed by atoms with E-state index in [1.54, 1.807) is 12.1 Å². The lowest BCUT2D eigenvalue weighted by molar-refractivity contribution is 0.574. The molecule has 0 heterocycles. The minimum Gasteiger partial charge on any atom is -0.388 e. The Morgan fingerprint density at radius 1 is 1.45 bits per heavy atom. The predicted octanol–water partition coefficient (Wildman–Crippen LogP) is -1.01. The molecule has 0 aromatic rings. The highest BCUT2D eigenvalue weighted by Gasteiger charge is 2.05. The highest BCUT2D eigenvalue weighted by Crippen LogP contribution is 1.96. The van der Waals surface area contributed by atoms with Gasteiger partial charge in [-0.25, -0.2) is 5.84 Å². The normalized spacial score (nSPS) is 10.5. The van der Waals surface area contributed by atoms with E-state index in [1.165, 1.54) is 0 Å². The average Bonchev–Trinajstić information content (AvgIpc) is 2.05. The standard InChI is InChI=1S/C5H6N6/c6-1-4(9)5(2-7)11(10)3-8/h3,8H,9-10H2. The van der Waals surface area contributed by atoms with Gasteiger partial charge in [-0.2, -0.15) is 10.5 Å². The smallest absolute Gasteiger partial charge is 0.170 e. The molecule has 0 saturated heterocycles. The van der Waals surface area contributed by atoms with Crippen LogP contribution in [-0.4, -0.2) is 11.3 Å². The van der Waals surface area contributed by atoms with Crippen LogP contribution in [0, 0.1) is 28.1 Å². The van der Waals surface area contributed by atoms with E-state index in [0.29, 0.717) is 11.3 Å². The van der Waals surface area contributed by atoms with Gasteiger partial charge in [-0.15, -0.1) is 0 Å². The number of rotatable bonds is 2. The second-order valence-corrected chi connectivity index (χ2v) is 1.52. The monoisotopic (exact) mass is 150 g/mol. The molecule has 6 heteroatoms. The van der Waals surface area contributed by atoms with Crippen LogP contribution in [-0.2, 0) is 0 Å². The molecule has 0 aromatic carbocycles. The van der Waals surface area contributed by atoms with E-state index in [2.05, 4.69) is 0 Å². The van der Waals surface area contributed by atoms with Gasteiger partial charge < -0.3 is 5.73 Å². The lowest BCUT2D eigenvalue weighted by atomic mass is 10.3. The van der Waals surface area contributed by atoms with Gasteiger partial charge in [0, 0.05) is 0 Å². The predicted molar refractivity (Wildman–Crippen MR) is 37.2 cm³/mol. The summed E-state index contributed by atoms with van der Waals surface area (Å²) < 4.78 is 0. The Balaban J connectivity index is 4.87. The highest BCUT2D eigenvalue weighted by atomic mass is 15.4. The Morgan fingerprint density at radius 3 is 2.27 bits per heavy atom. The SMILES string of the molecule is N#CC(N)=C(C#N)N(N)C=N. The lowest BCUT2D eigenvalue weighted by Gasteiger charge is -2.08. The molecule has 0 bridgehead atoms. The van der Waals surface area contributed by atoms with Crippen molar-refractivity contribution in [2.75, 3.05) is 0 Å². The first kappa shape index (κ1) is 8.95. The molecule has 11 heavy (non-hydrogen) atoms. The first-order valence-corrected chi connectivity index (χ1v) is 2.51. The van der Waals surface area contributed by atoms with Gasteiger partial charge in [0.25, 0.3) is 0 Å². The Kier molecular flexibility index (Phi) is 3.16. The topological polar surface area (TPSA) is 127 Å². The van der Waals surface area contributed by atoms with E-state index in [4.69, 9.17) is 27.5 Å². The summed E-state index contributed by atoms with van der Waals surface area (Å²) in [7, 11) is 0. The molecule has 0 spiro atoms. The molecule has 5 N–H and O–H groups in total. The number of nitrogens with one attached hydrogen (secondary N) is 1. The van der Waals surface area contributed by atoms with E-state index in [1.807, 2.05) is 0 Å². The van der Waals surface area contributed by atoms with Crippen molar-refractivity contribution in [1.82, 2.24) is 5.01 Å². The Labute approximate surface area is 63.4 Å². The molecule has 56 valence electrons. The minimum atomic E-state index is -0.307. The van der Waals surface area contributed by atoms with Crippen molar-refractivity contribution in [1.29, 1.82) is 15.9 Å². The molecule has 0 aromatic heterocycles. The maximum atomic E-state index is 8.37. The maximum Gasteiger partial charge on any atom is 0.170 e. The quantitative estimate of drug-likeness (QED) is 0.153. The Hall–Kier alpha value is -2.05. The van der Waals surface area contributed by atoms with Gasteiger partial charge in [-0.05, 0) is 0 Å². The number of hydrogen-bond acceptors (Lipinski definition) is 5. The van der Waals surface area contributed by atoms with Gasteiger partial charge in [0.05, 0.1) is 0 Å². The molecular weight excluding hydrogens is 144 g/mol. The third kappa shape index (κ3) is 1.97. The number of allylic oxidation sites excluding steroid dienone is 2. The first-order chi connectivity index (χ1) is 5.17. The number of nitrogens with two attached hydrogens (primary N) is 2. The summed E-state index contributed by atoms with van der Waals surface area (Å²) in [6.45, 7) is 0. The first-order valence-electron chi connectivity index (χ1n) is 2.51. The molecule has 0 atom stereocenters.